The number of Topliss-reactive ketones (excluding diaryl/α,β-unsaturated/α-hetero) is 1. The van der Waals surface area contributed by atoms with Crippen molar-refractivity contribution < 1.29 is 19.4 Å². The van der Waals surface area contributed by atoms with Gasteiger partial charge in [0.05, 0.1) is 14.2 Å². The molecule has 0 radical (unpaired) electrons. The molecule has 1 aromatic rings. The molecule has 0 spiro atoms. The van der Waals surface area contributed by atoms with Crippen molar-refractivity contribution >= 4 is 5.78 Å². The van der Waals surface area contributed by atoms with Crippen LogP contribution in [0.25, 0.3) is 0 Å². The van der Waals surface area contributed by atoms with E-state index in [1.165, 1.54) is 83.5 Å². The minimum absolute atomic E-state index is 0.101. The maximum atomic E-state index is 13.5. The van der Waals surface area contributed by atoms with Crippen molar-refractivity contribution in [2.75, 3.05) is 33.9 Å². The molecule has 5 nitrogen and oxygen atoms in total. The lowest BCUT2D eigenvalue weighted by Crippen LogP contribution is -2.31. The number of carbonyl (C=O) groups is 1. The molecule has 0 bridgehead atoms. The smallest absolute Gasteiger partial charge is 0.140 e. The van der Waals surface area contributed by atoms with Gasteiger partial charge in [-0.1, -0.05) is 90.4 Å². The number of rotatable bonds is 21. The van der Waals surface area contributed by atoms with Crippen molar-refractivity contribution in [1.82, 2.24) is 4.90 Å². The number of piperidine rings is 1. The van der Waals surface area contributed by atoms with E-state index in [1.54, 1.807) is 26.4 Å². The van der Waals surface area contributed by atoms with Crippen molar-refractivity contribution in [3.63, 3.8) is 0 Å². The van der Waals surface area contributed by atoms with E-state index in [-0.39, 0.29) is 17.5 Å². The minimum Gasteiger partial charge on any atom is -0.507 e. The number of likely N-dealkylation sites (tertiary alicyclic amines) is 1. The van der Waals surface area contributed by atoms with Gasteiger partial charge in [-0.15, -0.1) is 0 Å². The lowest BCUT2D eigenvalue weighted by atomic mass is 9.86. The Balaban J connectivity index is 1.85. The van der Waals surface area contributed by atoms with E-state index in [1.807, 2.05) is 0 Å². The monoisotopic (exact) mass is 517 g/mol. The normalized spacial score (nSPS) is 15.0. The zero-order chi connectivity index (χ0) is 26.7. The second-order valence-electron chi connectivity index (χ2n) is 11.0. The molecule has 0 aliphatic carbocycles. The van der Waals surface area contributed by atoms with E-state index in [0.29, 0.717) is 23.5 Å². The summed E-state index contributed by atoms with van der Waals surface area (Å²) in [6.45, 7) is 5.57. The van der Waals surface area contributed by atoms with Gasteiger partial charge in [-0.2, -0.15) is 0 Å². The number of nitrogens with zero attached hydrogens (tertiary/aromatic N) is 1. The van der Waals surface area contributed by atoms with Crippen LogP contribution < -0.4 is 9.47 Å². The summed E-state index contributed by atoms with van der Waals surface area (Å²) in [5.41, 5.74) is 0.634. The maximum absolute atomic E-state index is 13.5. The molecule has 1 N–H and O–H groups in total. The molecule has 2 rings (SSSR count). The summed E-state index contributed by atoms with van der Waals surface area (Å²) >= 11 is 0. The third kappa shape index (κ3) is 12.1. The molecule has 0 amide bonds. The number of unbranched alkanes of at least 4 members (excludes halogenated alkanes) is 11. The van der Waals surface area contributed by atoms with Crippen molar-refractivity contribution in [3.8, 4) is 17.2 Å². The fourth-order valence-electron chi connectivity index (χ4n) is 5.71. The Morgan fingerprint density at radius 1 is 0.838 bits per heavy atom. The molecule has 1 unspecified atom stereocenters. The third-order valence-corrected chi connectivity index (χ3v) is 7.98. The first-order valence-electron chi connectivity index (χ1n) is 15.3. The fourth-order valence-corrected chi connectivity index (χ4v) is 5.71. The summed E-state index contributed by atoms with van der Waals surface area (Å²) in [6.07, 6.45) is 21.6. The molecule has 5 heteroatoms. The van der Waals surface area contributed by atoms with E-state index in [2.05, 4.69) is 11.8 Å². The summed E-state index contributed by atoms with van der Waals surface area (Å²) in [5.74, 6) is 1.08. The van der Waals surface area contributed by atoms with Gasteiger partial charge in [-0.3, -0.25) is 4.79 Å². The van der Waals surface area contributed by atoms with Gasteiger partial charge < -0.3 is 19.5 Å². The van der Waals surface area contributed by atoms with Crippen LogP contribution in [0.5, 0.6) is 17.2 Å². The number of benzene rings is 1. The van der Waals surface area contributed by atoms with Gasteiger partial charge in [0, 0.05) is 30.0 Å². The average Bonchev–Trinajstić information content (AvgIpc) is 2.92. The van der Waals surface area contributed by atoms with E-state index in [9.17, 15) is 9.90 Å². The molecular formula is C32H55NO4. The second kappa shape index (κ2) is 19.3. The summed E-state index contributed by atoms with van der Waals surface area (Å²) in [5, 5.41) is 10.9. The van der Waals surface area contributed by atoms with Gasteiger partial charge >= 0.3 is 0 Å². The molecule has 1 saturated heterocycles. The molecule has 37 heavy (non-hydrogen) atoms. The molecule has 1 atom stereocenters. The van der Waals surface area contributed by atoms with Crippen LogP contribution in [0.4, 0.5) is 0 Å². The Morgan fingerprint density at radius 2 is 1.43 bits per heavy atom. The van der Waals surface area contributed by atoms with Crippen LogP contribution >= 0.6 is 0 Å². The first-order chi connectivity index (χ1) is 18.1. The minimum atomic E-state index is -0.328. The third-order valence-electron chi connectivity index (χ3n) is 7.98. The molecular weight excluding hydrogens is 462 g/mol. The van der Waals surface area contributed by atoms with E-state index in [4.69, 9.17) is 9.47 Å². The number of ketones is 1. The van der Waals surface area contributed by atoms with Gasteiger partial charge in [0.15, 0.2) is 0 Å². The number of hydrogen-bond donors (Lipinski definition) is 1. The molecule has 1 fully saturated rings. The molecule has 1 heterocycles. The van der Waals surface area contributed by atoms with Crippen LogP contribution in [0.1, 0.15) is 134 Å². The molecule has 212 valence electrons. The van der Waals surface area contributed by atoms with Crippen LogP contribution in [-0.4, -0.2) is 49.6 Å². The Kier molecular flexibility index (Phi) is 16.4. The predicted octanol–water partition coefficient (Wildman–Crippen LogP) is 8.42. The van der Waals surface area contributed by atoms with Crippen molar-refractivity contribution in [1.29, 1.82) is 0 Å². The summed E-state index contributed by atoms with van der Waals surface area (Å²) < 4.78 is 10.9. The number of aromatic hydroxyl groups is 1. The number of hydrogen-bond acceptors (Lipinski definition) is 5. The number of ether oxygens (including phenoxy) is 2. The van der Waals surface area contributed by atoms with Gasteiger partial charge in [-0.05, 0) is 45.3 Å². The zero-order valence-corrected chi connectivity index (χ0v) is 24.2. The molecule has 1 aliphatic rings. The Morgan fingerprint density at radius 3 is 2.00 bits per heavy atom. The van der Waals surface area contributed by atoms with Crippen molar-refractivity contribution in [2.24, 2.45) is 0 Å². The highest BCUT2D eigenvalue weighted by molar-refractivity contribution is 5.87. The fraction of sp³-hybridized carbons (Fsp3) is 0.781. The van der Waals surface area contributed by atoms with E-state index in [0.717, 1.165) is 45.3 Å². The van der Waals surface area contributed by atoms with Gasteiger partial charge in [0.1, 0.15) is 23.0 Å². The van der Waals surface area contributed by atoms with Crippen molar-refractivity contribution in [3.05, 3.63) is 17.7 Å². The average molecular weight is 518 g/mol. The number of carbonyl (C=O) groups excluding carboxylic acids is 1. The quantitative estimate of drug-likeness (QED) is 0.166. The largest absolute Gasteiger partial charge is 0.507 e. The first-order valence-corrected chi connectivity index (χ1v) is 15.3. The highest BCUT2D eigenvalue weighted by Crippen LogP contribution is 2.41. The standard InChI is InChI=1S/C32H55NO4/c1-4-5-6-7-8-9-10-11-12-13-14-16-20-28(29(34)21-19-24-33-22-17-15-18-23-33)32-30(35)25-27(36-2)26-31(32)37-3/h25-26,28,35H,4-24H2,1-3H3. The summed E-state index contributed by atoms with van der Waals surface area (Å²) in [6, 6.07) is 3.39. The van der Waals surface area contributed by atoms with E-state index < -0.39 is 0 Å². The van der Waals surface area contributed by atoms with Crippen LogP contribution in [0, 0.1) is 0 Å². The Bertz CT molecular complexity index is 745. The van der Waals surface area contributed by atoms with E-state index >= 15 is 0 Å². The molecule has 1 aromatic carbocycles. The SMILES string of the molecule is CCCCCCCCCCCCCCC(C(=O)CCCN1CCCCC1)c1c(O)cc(OC)cc1OC. The topological polar surface area (TPSA) is 59.0 Å². The first kappa shape index (κ1) is 31.5. The Labute approximate surface area is 227 Å². The number of methoxy groups -OCH3 is 2. The van der Waals surface area contributed by atoms with Crippen LogP contribution in [0.3, 0.4) is 0 Å². The maximum Gasteiger partial charge on any atom is 0.140 e. The molecule has 0 aromatic heterocycles. The number of phenolic OH excluding ortho intramolecular Hbond substituents is 1. The lowest BCUT2D eigenvalue weighted by molar-refractivity contribution is -0.121. The molecule has 0 saturated carbocycles. The van der Waals surface area contributed by atoms with Crippen LogP contribution in [-0.2, 0) is 4.79 Å². The number of phenols is 1. The van der Waals surface area contributed by atoms with Crippen molar-refractivity contribution in [2.45, 2.75) is 128 Å². The highest BCUT2D eigenvalue weighted by atomic mass is 16.5. The van der Waals surface area contributed by atoms with Crippen LogP contribution in [0.15, 0.2) is 12.1 Å². The van der Waals surface area contributed by atoms with Gasteiger partial charge in [0.2, 0.25) is 0 Å². The second-order valence-corrected chi connectivity index (χ2v) is 11.0. The van der Waals surface area contributed by atoms with Gasteiger partial charge in [0.25, 0.3) is 0 Å². The van der Waals surface area contributed by atoms with Crippen LogP contribution in [0.2, 0.25) is 0 Å². The summed E-state index contributed by atoms with van der Waals surface area (Å²) in [4.78, 5) is 16.0. The molecule has 1 aliphatic heterocycles. The Hall–Kier alpha value is -1.75. The zero-order valence-electron chi connectivity index (χ0n) is 24.2. The highest BCUT2D eigenvalue weighted by Gasteiger charge is 2.27. The predicted molar refractivity (Wildman–Crippen MR) is 154 cm³/mol. The van der Waals surface area contributed by atoms with Gasteiger partial charge in [-0.25, -0.2) is 0 Å². The summed E-state index contributed by atoms with van der Waals surface area (Å²) in [7, 11) is 3.17. The lowest BCUT2D eigenvalue weighted by Gasteiger charge is -2.26.